The average molecular weight is 365 g/mol. The van der Waals surface area contributed by atoms with E-state index in [9.17, 15) is 31.1 Å². The van der Waals surface area contributed by atoms with Crippen LogP contribution in [0.25, 0.3) is 0 Å². The van der Waals surface area contributed by atoms with Crippen LogP contribution >= 0.6 is 15.9 Å². The zero-order valence-electron chi connectivity index (χ0n) is 9.56. The Kier molecular flexibility index (Phi) is 5.20. The van der Waals surface area contributed by atoms with E-state index in [0.717, 1.165) is 0 Å². The van der Waals surface area contributed by atoms with Crippen LogP contribution in [-0.2, 0) is 4.74 Å². The maximum atomic E-state index is 12.2. The van der Waals surface area contributed by atoms with Gasteiger partial charge in [0, 0.05) is 10.0 Å². The van der Waals surface area contributed by atoms with Crippen molar-refractivity contribution < 1.29 is 35.9 Å². The van der Waals surface area contributed by atoms with E-state index < -0.39 is 30.8 Å². The van der Waals surface area contributed by atoms with Crippen molar-refractivity contribution in [3.8, 4) is 0 Å². The van der Waals surface area contributed by atoms with E-state index in [0.29, 0.717) is 4.47 Å². The molecule has 0 fully saturated rings. The second-order valence-corrected chi connectivity index (χ2v) is 4.62. The summed E-state index contributed by atoms with van der Waals surface area (Å²) in [6.07, 6.45) is -15.2. The third kappa shape index (κ3) is 4.78. The van der Waals surface area contributed by atoms with Gasteiger partial charge in [-0.25, -0.2) is 0 Å². The molecule has 1 aromatic rings. The van der Waals surface area contributed by atoms with Gasteiger partial charge in [-0.2, -0.15) is 26.3 Å². The quantitative estimate of drug-likeness (QED) is 0.592. The summed E-state index contributed by atoms with van der Waals surface area (Å²) in [6.45, 7) is -1.32. The van der Waals surface area contributed by atoms with Crippen LogP contribution in [0.1, 0.15) is 10.4 Å². The van der Waals surface area contributed by atoms with Crippen LogP contribution in [0.15, 0.2) is 28.7 Å². The molecule has 2 nitrogen and oxygen atoms in total. The van der Waals surface area contributed by atoms with Gasteiger partial charge in [-0.3, -0.25) is 4.79 Å². The molecule has 0 aromatic heterocycles. The zero-order chi connectivity index (χ0) is 15.6. The topological polar surface area (TPSA) is 26.3 Å². The predicted molar refractivity (Wildman–Crippen MR) is 60.3 cm³/mol. The Bertz CT molecular complexity index is 469. The number of carbonyl (C=O) groups excluding carboxylic acids is 1. The van der Waals surface area contributed by atoms with E-state index in [-0.39, 0.29) is 5.56 Å². The summed E-state index contributed by atoms with van der Waals surface area (Å²) in [6, 6.07) is 5.49. The first-order chi connectivity index (χ1) is 9.01. The summed E-state index contributed by atoms with van der Waals surface area (Å²) in [4.78, 5) is 11.5. The second kappa shape index (κ2) is 6.13. The summed E-state index contributed by atoms with van der Waals surface area (Å²) in [5.41, 5.74) is -0.0533. The first-order valence-electron chi connectivity index (χ1n) is 5.05. The Hall–Kier alpha value is -1.09. The van der Waals surface area contributed by atoms with Crippen LogP contribution in [0.3, 0.4) is 0 Å². The van der Waals surface area contributed by atoms with Crippen molar-refractivity contribution in [2.75, 3.05) is 6.61 Å². The third-order valence-corrected chi connectivity index (χ3v) is 2.62. The molecule has 0 heterocycles. The van der Waals surface area contributed by atoms with E-state index >= 15 is 0 Å². The number of Topliss-reactive ketones (excluding diaryl/α,β-unsaturated/α-hetero) is 1. The normalized spacial score (nSPS) is 12.8. The van der Waals surface area contributed by atoms with Crippen molar-refractivity contribution in [3.05, 3.63) is 34.3 Å². The smallest absolute Gasteiger partial charge is 0.353 e. The summed E-state index contributed by atoms with van der Waals surface area (Å²) in [5.74, 6) is -0.982. The molecule has 1 aromatic carbocycles. The molecule has 0 aliphatic carbocycles. The molecule has 0 unspecified atom stereocenters. The van der Waals surface area contributed by atoms with Crippen LogP contribution in [0, 0.1) is 0 Å². The SMILES string of the molecule is O=C(COC(C(F)(F)F)C(F)(F)F)c1cccc(Br)c1. The fourth-order valence-electron chi connectivity index (χ4n) is 1.28. The van der Waals surface area contributed by atoms with Crippen molar-refractivity contribution in [1.29, 1.82) is 0 Å². The molecule has 0 saturated carbocycles. The lowest BCUT2D eigenvalue weighted by Crippen LogP contribution is -2.45. The molecule has 0 saturated heterocycles. The van der Waals surface area contributed by atoms with Crippen LogP contribution < -0.4 is 0 Å². The largest absolute Gasteiger partial charge is 0.423 e. The highest BCUT2D eigenvalue weighted by Crippen LogP contribution is 2.35. The van der Waals surface area contributed by atoms with Gasteiger partial charge in [0.25, 0.3) is 0 Å². The van der Waals surface area contributed by atoms with Crippen LogP contribution in [0.4, 0.5) is 26.3 Å². The molecule has 20 heavy (non-hydrogen) atoms. The Morgan fingerprint density at radius 1 is 1.15 bits per heavy atom. The lowest BCUT2D eigenvalue weighted by molar-refractivity contribution is -0.318. The van der Waals surface area contributed by atoms with Gasteiger partial charge in [0.2, 0.25) is 6.10 Å². The molecular weight excluding hydrogens is 358 g/mol. The van der Waals surface area contributed by atoms with E-state index in [2.05, 4.69) is 20.7 Å². The van der Waals surface area contributed by atoms with Gasteiger partial charge in [-0.1, -0.05) is 28.1 Å². The van der Waals surface area contributed by atoms with Crippen molar-refractivity contribution >= 4 is 21.7 Å². The number of hydrogen-bond acceptors (Lipinski definition) is 2. The Balaban J connectivity index is 2.76. The van der Waals surface area contributed by atoms with Crippen molar-refractivity contribution in [2.45, 2.75) is 18.5 Å². The van der Waals surface area contributed by atoms with E-state index in [4.69, 9.17) is 0 Å². The highest BCUT2D eigenvalue weighted by molar-refractivity contribution is 9.10. The molecule has 0 N–H and O–H groups in total. The minimum absolute atomic E-state index is 0.0533. The third-order valence-electron chi connectivity index (χ3n) is 2.12. The van der Waals surface area contributed by atoms with Gasteiger partial charge < -0.3 is 4.74 Å². The maximum Gasteiger partial charge on any atom is 0.423 e. The fourth-order valence-corrected chi connectivity index (χ4v) is 1.68. The number of halogens is 7. The van der Waals surface area contributed by atoms with Gasteiger partial charge in [0.15, 0.2) is 5.78 Å². The van der Waals surface area contributed by atoms with E-state index in [1.54, 1.807) is 6.07 Å². The molecule has 9 heteroatoms. The lowest BCUT2D eigenvalue weighted by Gasteiger charge is -2.22. The molecule has 1 rings (SSSR count). The Morgan fingerprint density at radius 3 is 2.15 bits per heavy atom. The molecule has 0 aliphatic heterocycles. The van der Waals surface area contributed by atoms with Gasteiger partial charge in [0.05, 0.1) is 0 Å². The van der Waals surface area contributed by atoms with Gasteiger partial charge >= 0.3 is 12.4 Å². The molecule has 0 bridgehead atoms. The van der Waals surface area contributed by atoms with Gasteiger partial charge in [-0.05, 0) is 12.1 Å². The van der Waals surface area contributed by atoms with Crippen molar-refractivity contribution in [1.82, 2.24) is 0 Å². The summed E-state index contributed by atoms with van der Waals surface area (Å²) < 4.78 is 77.2. The molecular formula is C11H7BrF6O2. The molecule has 112 valence electrons. The number of ketones is 1. The lowest BCUT2D eigenvalue weighted by atomic mass is 10.1. The molecule has 0 atom stereocenters. The van der Waals surface area contributed by atoms with E-state index in [1.165, 1.54) is 18.2 Å². The van der Waals surface area contributed by atoms with Crippen molar-refractivity contribution in [3.63, 3.8) is 0 Å². The standard InChI is InChI=1S/C11H7BrF6O2/c12-7-3-1-2-6(4-7)8(19)5-20-9(10(13,14)15)11(16,17)18/h1-4,9H,5H2. The summed E-state index contributed by atoms with van der Waals surface area (Å²) in [5, 5.41) is 0. The van der Waals surface area contributed by atoms with Crippen molar-refractivity contribution in [2.24, 2.45) is 0 Å². The molecule has 0 aliphatic rings. The Morgan fingerprint density at radius 2 is 1.70 bits per heavy atom. The van der Waals surface area contributed by atoms with Gasteiger partial charge in [0.1, 0.15) is 6.61 Å². The monoisotopic (exact) mass is 364 g/mol. The summed E-state index contributed by atoms with van der Waals surface area (Å²) in [7, 11) is 0. The number of carbonyl (C=O) groups is 1. The number of hydrogen-bond donors (Lipinski definition) is 0. The van der Waals surface area contributed by atoms with Crippen LogP contribution in [0.2, 0.25) is 0 Å². The predicted octanol–water partition coefficient (Wildman–Crippen LogP) is 4.14. The molecule has 0 spiro atoms. The summed E-state index contributed by atoms with van der Waals surface area (Å²) >= 11 is 3.02. The average Bonchev–Trinajstić information content (AvgIpc) is 2.25. The zero-order valence-corrected chi connectivity index (χ0v) is 11.1. The molecule has 0 radical (unpaired) electrons. The van der Waals surface area contributed by atoms with Crippen LogP contribution in [-0.4, -0.2) is 30.8 Å². The Labute approximate surface area is 117 Å². The fraction of sp³-hybridized carbons (Fsp3) is 0.364. The first-order valence-corrected chi connectivity index (χ1v) is 5.85. The number of ether oxygens (including phenoxy) is 1. The van der Waals surface area contributed by atoms with Crippen LogP contribution in [0.5, 0.6) is 0 Å². The minimum Gasteiger partial charge on any atom is -0.353 e. The highest BCUT2D eigenvalue weighted by atomic mass is 79.9. The van der Waals surface area contributed by atoms with E-state index in [1.807, 2.05) is 0 Å². The minimum atomic E-state index is -5.63. The first kappa shape index (κ1) is 17.0. The number of alkyl halides is 6. The highest BCUT2D eigenvalue weighted by Gasteiger charge is 2.58. The number of benzene rings is 1. The molecule has 0 amide bonds. The second-order valence-electron chi connectivity index (χ2n) is 3.71. The number of rotatable bonds is 4. The van der Waals surface area contributed by atoms with Gasteiger partial charge in [-0.15, -0.1) is 0 Å². The maximum absolute atomic E-state index is 12.2.